The highest BCUT2D eigenvalue weighted by molar-refractivity contribution is 6.31. The molecule has 0 amide bonds. The van der Waals surface area contributed by atoms with Crippen LogP contribution in [0.2, 0.25) is 5.02 Å². The molecule has 1 aromatic carbocycles. The Kier molecular flexibility index (Phi) is 4.93. The molecular weight excluding hydrogens is 271 g/mol. The third kappa shape index (κ3) is 3.34. The third-order valence-electron chi connectivity index (χ3n) is 2.65. The molecule has 2 aromatic rings. The molecule has 0 aliphatic carbocycles. The SMILES string of the molecule is Cc1nc(CC(=O)c2cccc(Cl)c2)[nH]c1C.Cl. The summed E-state index contributed by atoms with van der Waals surface area (Å²) in [7, 11) is 0. The number of Topliss-reactive ketones (excluding diaryl/α,β-unsaturated/α-hetero) is 1. The molecule has 2 rings (SSSR count). The van der Waals surface area contributed by atoms with Gasteiger partial charge in [0.15, 0.2) is 5.78 Å². The van der Waals surface area contributed by atoms with Gasteiger partial charge in [0.2, 0.25) is 0 Å². The Labute approximate surface area is 117 Å². The Morgan fingerprint density at radius 1 is 1.39 bits per heavy atom. The topological polar surface area (TPSA) is 45.8 Å². The van der Waals surface area contributed by atoms with Gasteiger partial charge in [-0.25, -0.2) is 4.98 Å². The number of nitrogens with one attached hydrogen (secondary N) is 1. The maximum Gasteiger partial charge on any atom is 0.170 e. The maximum atomic E-state index is 12.0. The Balaban J connectivity index is 0.00000162. The van der Waals surface area contributed by atoms with E-state index in [0.29, 0.717) is 16.4 Å². The van der Waals surface area contributed by atoms with Gasteiger partial charge in [0.05, 0.1) is 12.1 Å². The highest BCUT2D eigenvalue weighted by Gasteiger charge is 2.10. The summed E-state index contributed by atoms with van der Waals surface area (Å²) in [4.78, 5) is 19.4. The first-order chi connectivity index (χ1) is 8.06. The van der Waals surface area contributed by atoms with Crippen molar-refractivity contribution in [1.29, 1.82) is 0 Å². The fourth-order valence-corrected chi connectivity index (χ4v) is 1.81. The van der Waals surface area contributed by atoms with Gasteiger partial charge in [-0.1, -0.05) is 23.7 Å². The van der Waals surface area contributed by atoms with Crippen molar-refractivity contribution in [2.45, 2.75) is 20.3 Å². The zero-order valence-corrected chi connectivity index (χ0v) is 11.7. The number of benzene rings is 1. The van der Waals surface area contributed by atoms with Crippen molar-refractivity contribution < 1.29 is 4.79 Å². The lowest BCUT2D eigenvalue weighted by molar-refractivity contribution is 0.0991. The monoisotopic (exact) mass is 284 g/mol. The minimum Gasteiger partial charge on any atom is -0.345 e. The number of aromatic nitrogens is 2. The smallest absolute Gasteiger partial charge is 0.170 e. The van der Waals surface area contributed by atoms with Crippen LogP contribution >= 0.6 is 24.0 Å². The van der Waals surface area contributed by atoms with Crippen LogP contribution in [0, 0.1) is 13.8 Å². The molecule has 0 bridgehead atoms. The third-order valence-corrected chi connectivity index (χ3v) is 2.89. The molecule has 0 saturated heterocycles. The van der Waals surface area contributed by atoms with Gasteiger partial charge in [0, 0.05) is 16.3 Å². The van der Waals surface area contributed by atoms with E-state index >= 15 is 0 Å². The summed E-state index contributed by atoms with van der Waals surface area (Å²) < 4.78 is 0. The normalized spacial score (nSPS) is 9.94. The number of hydrogen-bond donors (Lipinski definition) is 1. The minimum absolute atomic E-state index is 0. The van der Waals surface area contributed by atoms with E-state index < -0.39 is 0 Å². The van der Waals surface area contributed by atoms with Gasteiger partial charge in [0.1, 0.15) is 5.82 Å². The van der Waals surface area contributed by atoms with Crippen LogP contribution in [0.25, 0.3) is 0 Å². The van der Waals surface area contributed by atoms with Crippen LogP contribution < -0.4 is 0 Å². The largest absolute Gasteiger partial charge is 0.345 e. The molecule has 18 heavy (non-hydrogen) atoms. The van der Waals surface area contributed by atoms with Gasteiger partial charge >= 0.3 is 0 Å². The van der Waals surface area contributed by atoms with Crippen molar-refractivity contribution in [2.24, 2.45) is 0 Å². The Hall–Kier alpha value is -1.32. The van der Waals surface area contributed by atoms with Gasteiger partial charge in [-0.05, 0) is 26.0 Å². The van der Waals surface area contributed by atoms with Gasteiger partial charge in [0.25, 0.3) is 0 Å². The lowest BCUT2D eigenvalue weighted by Crippen LogP contribution is -2.04. The van der Waals surface area contributed by atoms with Crippen LogP contribution in [-0.2, 0) is 6.42 Å². The van der Waals surface area contributed by atoms with Gasteiger partial charge in [-0.15, -0.1) is 12.4 Å². The van der Waals surface area contributed by atoms with E-state index in [9.17, 15) is 4.79 Å². The van der Waals surface area contributed by atoms with E-state index in [4.69, 9.17) is 11.6 Å². The summed E-state index contributed by atoms with van der Waals surface area (Å²) in [6.07, 6.45) is 0.273. The fourth-order valence-electron chi connectivity index (χ4n) is 1.62. The van der Waals surface area contributed by atoms with E-state index in [2.05, 4.69) is 9.97 Å². The molecule has 0 aliphatic rings. The Bertz CT molecular complexity index is 544. The number of hydrogen-bond acceptors (Lipinski definition) is 2. The van der Waals surface area contributed by atoms with Crippen LogP contribution in [0.15, 0.2) is 24.3 Å². The van der Waals surface area contributed by atoms with Crippen LogP contribution in [0.4, 0.5) is 0 Å². The number of carbonyl (C=O) groups is 1. The van der Waals surface area contributed by atoms with E-state index in [1.54, 1.807) is 24.3 Å². The molecule has 1 aromatic heterocycles. The fraction of sp³-hybridized carbons (Fsp3) is 0.231. The van der Waals surface area contributed by atoms with Crippen LogP contribution in [0.1, 0.15) is 27.6 Å². The van der Waals surface area contributed by atoms with E-state index in [1.807, 2.05) is 13.8 Å². The number of aryl methyl sites for hydroxylation is 2. The summed E-state index contributed by atoms with van der Waals surface area (Å²) in [5, 5.41) is 0.572. The summed E-state index contributed by atoms with van der Waals surface area (Å²) in [6, 6.07) is 6.96. The van der Waals surface area contributed by atoms with Crippen molar-refractivity contribution in [3.8, 4) is 0 Å². The summed E-state index contributed by atoms with van der Waals surface area (Å²) in [5.74, 6) is 0.714. The minimum atomic E-state index is 0. The van der Waals surface area contributed by atoms with E-state index in [1.165, 1.54) is 0 Å². The lowest BCUT2D eigenvalue weighted by atomic mass is 10.1. The Morgan fingerprint density at radius 2 is 2.11 bits per heavy atom. The number of halogens is 2. The average Bonchev–Trinajstić information content (AvgIpc) is 2.58. The molecular formula is C13H14Cl2N2O. The molecule has 0 unspecified atom stereocenters. The molecule has 0 fully saturated rings. The maximum absolute atomic E-state index is 12.0. The molecule has 96 valence electrons. The first-order valence-electron chi connectivity index (χ1n) is 5.37. The predicted molar refractivity (Wildman–Crippen MR) is 74.8 cm³/mol. The first-order valence-corrected chi connectivity index (χ1v) is 5.75. The van der Waals surface area contributed by atoms with Gasteiger partial charge in [-0.3, -0.25) is 4.79 Å². The number of imidazole rings is 1. The van der Waals surface area contributed by atoms with Gasteiger partial charge in [-0.2, -0.15) is 0 Å². The summed E-state index contributed by atoms with van der Waals surface area (Å²) >= 11 is 5.85. The van der Waals surface area contributed by atoms with Crippen molar-refractivity contribution in [3.05, 3.63) is 52.1 Å². The number of ketones is 1. The zero-order chi connectivity index (χ0) is 12.4. The number of rotatable bonds is 3. The second-order valence-corrected chi connectivity index (χ2v) is 4.44. The van der Waals surface area contributed by atoms with Crippen molar-refractivity contribution >= 4 is 29.8 Å². The zero-order valence-electron chi connectivity index (χ0n) is 10.2. The first kappa shape index (κ1) is 14.7. The number of H-pyrrole nitrogens is 1. The van der Waals surface area contributed by atoms with Gasteiger partial charge < -0.3 is 4.98 Å². The number of nitrogens with zero attached hydrogens (tertiary/aromatic N) is 1. The van der Waals surface area contributed by atoms with Crippen LogP contribution in [0.5, 0.6) is 0 Å². The molecule has 0 aliphatic heterocycles. The summed E-state index contributed by atoms with van der Waals surface area (Å²) in [5.41, 5.74) is 2.54. The average molecular weight is 285 g/mol. The molecule has 1 N–H and O–H groups in total. The molecule has 0 radical (unpaired) electrons. The molecule has 0 atom stereocenters. The number of aromatic amines is 1. The summed E-state index contributed by atoms with van der Waals surface area (Å²) in [6.45, 7) is 3.86. The predicted octanol–water partition coefficient (Wildman–Crippen LogP) is 3.53. The highest BCUT2D eigenvalue weighted by Crippen LogP contribution is 2.13. The second-order valence-electron chi connectivity index (χ2n) is 4.00. The lowest BCUT2D eigenvalue weighted by Gasteiger charge is -1.99. The van der Waals surface area contributed by atoms with Crippen molar-refractivity contribution in [2.75, 3.05) is 0 Å². The van der Waals surface area contributed by atoms with E-state index in [-0.39, 0.29) is 24.6 Å². The quantitative estimate of drug-likeness (QED) is 0.877. The molecule has 3 nitrogen and oxygen atoms in total. The number of carbonyl (C=O) groups excluding carboxylic acids is 1. The van der Waals surface area contributed by atoms with Crippen molar-refractivity contribution in [1.82, 2.24) is 9.97 Å². The standard InChI is InChI=1S/C13H13ClN2O.ClH/c1-8-9(2)16-13(15-8)7-12(17)10-4-3-5-11(14)6-10;/h3-6H,7H2,1-2H3,(H,15,16);1H. The molecule has 1 heterocycles. The molecule has 5 heteroatoms. The second kappa shape index (κ2) is 6.03. The molecule has 0 saturated carbocycles. The van der Waals surface area contributed by atoms with Crippen LogP contribution in [-0.4, -0.2) is 15.8 Å². The molecule has 0 spiro atoms. The van der Waals surface area contributed by atoms with Crippen molar-refractivity contribution in [3.63, 3.8) is 0 Å². The van der Waals surface area contributed by atoms with E-state index in [0.717, 1.165) is 11.4 Å². The highest BCUT2D eigenvalue weighted by atomic mass is 35.5. The Morgan fingerprint density at radius 3 is 2.67 bits per heavy atom. The van der Waals surface area contributed by atoms with Crippen LogP contribution in [0.3, 0.4) is 0 Å².